The number of fused-ring (bicyclic) bond motifs is 2. The SMILES string of the molecule is Cc1nc2cc3c(cc2c(=O)n1COC(=O)C(C)(C)C)C(Nc1ccc(C(=O)N[C@@H](CCC(=O)O)C(=O)O)cc1)CC3. The zero-order valence-corrected chi connectivity index (χ0v) is 23.9. The van der Waals surface area contributed by atoms with E-state index in [0.29, 0.717) is 16.7 Å². The van der Waals surface area contributed by atoms with Gasteiger partial charge in [-0.15, -0.1) is 0 Å². The summed E-state index contributed by atoms with van der Waals surface area (Å²) in [7, 11) is 0. The number of aryl methyl sites for hydroxylation is 2. The van der Waals surface area contributed by atoms with E-state index in [1.54, 1.807) is 52.0 Å². The Bertz CT molecular complexity index is 1600. The van der Waals surface area contributed by atoms with Gasteiger partial charge in [-0.1, -0.05) is 0 Å². The van der Waals surface area contributed by atoms with Gasteiger partial charge >= 0.3 is 17.9 Å². The molecule has 1 aromatic heterocycles. The van der Waals surface area contributed by atoms with Crippen molar-refractivity contribution in [2.45, 2.75) is 72.2 Å². The first-order valence-electron chi connectivity index (χ1n) is 13.6. The van der Waals surface area contributed by atoms with Gasteiger partial charge in [-0.25, -0.2) is 9.78 Å². The van der Waals surface area contributed by atoms with E-state index in [9.17, 15) is 29.1 Å². The highest BCUT2D eigenvalue weighted by molar-refractivity contribution is 5.97. The third-order valence-corrected chi connectivity index (χ3v) is 7.16. The number of carbonyl (C=O) groups excluding carboxylic acids is 2. The molecule has 2 aromatic carbocycles. The van der Waals surface area contributed by atoms with Crippen molar-refractivity contribution in [3.05, 3.63) is 69.3 Å². The van der Waals surface area contributed by atoms with Crippen molar-refractivity contribution in [2.24, 2.45) is 5.41 Å². The van der Waals surface area contributed by atoms with Crippen LogP contribution < -0.4 is 16.2 Å². The molecular formula is C30H34N4O8. The molecule has 1 heterocycles. The Morgan fingerprint density at radius 3 is 2.43 bits per heavy atom. The summed E-state index contributed by atoms with van der Waals surface area (Å²) in [5.41, 5.74) is 2.55. The van der Waals surface area contributed by atoms with Crippen LogP contribution in [0.15, 0.2) is 41.2 Å². The zero-order chi connectivity index (χ0) is 30.8. The minimum absolute atomic E-state index is 0.107. The smallest absolute Gasteiger partial charge is 0.326 e. The molecule has 0 spiro atoms. The normalized spacial score (nSPS) is 15.1. The molecule has 1 unspecified atom stereocenters. The monoisotopic (exact) mass is 578 g/mol. The molecule has 42 heavy (non-hydrogen) atoms. The summed E-state index contributed by atoms with van der Waals surface area (Å²) in [5.74, 6) is -3.05. The molecule has 4 N–H and O–H groups in total. The van der Waals surface area contributed by atoms with Gasteiger partial charge in [-0.2, -0.15) is 0 Å². The standard InChI is InChI=1S/C30H34N4O8/c1-16-31-24-13-18-7-10-22(20(18)14-21(24)27(38)34(16)15-42-29(41)30(2,3)4)32-19-8-5-17(6-9-19)26(37)33-23(28(39)40)11-12-25(35)36/h5-6,8-9,13-14,22-23,32H,7,10-12,15H2,1-4H3,(H,33,37)(H,35,36)(H,39,40)/t22?,23-/m0/s1. The van der Waals surface area contributed by atoms with Crippen LogP contribution in [-0.2, 0) is 32.3 Å². The summed E-state index contributed by atoms with van der Waals surface area (Å²) in [6, 6.07) is 8.82. The molecule has 0 radical (unpaired) electrons. The number of benzene rings is 2. The molecule has 0 bridgehead atoms. The van der Waals surface area contributed by atoms with Crippen LogP contribution >= 0.6 is 0 Å². The maximum Gasteiger partial charge on any atom is 0.326 e. The van der Waals surface area contributed by atoms with Gasteiger partial charge in [0.25, 0.3) is 11.5 Å². The lowest BCUT2D eigenvalue weighted by molar-refractivity contribution is -0.157. The molecule has 12 nitrogen and oxygen atoms in total. The van der Waals surface area contributed by atoms with Gasteiger partial charge in [-0.05, 0) is 94.5 Å². The van der Waals surface area contributed by atoms with Crippen molar-refractivity contribution >= 4 is 40.4 Å². The number of hydrogen-bond donors (Lipinski definition) is 4. The Kier molecular flexibility index (Phi) is 8.64. The molecule has 1 aliphatic rings. The summed E-state index contributed by atoms with van der Waals surface area (Å²) in [6.07, 6.45) is 0.942. The number of carboxylic acid groups (broad SMARTS) is 2. The summed E-state index contributed by atoms with van der Waals surface area (Å²) in [4.78, 5) is 64.9. The Hall–Kier alpha value is -4.74. The van der Waals surface area contributed by atoms with Gasteiger partial charge in [0, 0.05) is 17.7 Å². The van der Waals surface area contributed by atoms with Crippen LogP contribution in [0.3, 0.4) is 0 Å². The van der Waals surface area contributed by atoms with E-state index < -0.39 is 35.3 Å². The second-order valence-electron chi connectivity index (χ2n) is 11.4. The lowest BCUT2D eigenvalue weighted by Crippen LogP contribution is -2.41. The average molecular weight is 579 g/mol. The minimum atomic E-state index is -1.32. The summed E-state index contributed by atoms with van der Waals surface area (Å²) < 4.78 is 6.71. The van der Waals surface area contributed by atoms with E-state index in [1.807, 2.05) is 12.1 Å². The molecule has 4 rings (SSSR count). The second kappa shape index (κ2) is 12.0. The van der Waals surface area contributed by atoms with E-state index >= 15 is 0 Å². The largest absolute Gasteiger partial charge is 0.481 e. The van der Waals surface area contributed by atoms with Gasteiger partial charge in [-0.3, -0.25) is 23.7 Å². The number of amides is 1. The number of hydrogen-bond acceptors (Lipinski definition) is 8. The number of nitrogens with one attached hydrogen (secondary N) is 2. The molecule has 0 saturated heterocycles. The number of rotatable bonds is 10. The molecule has 0 saturated carbocycles. The van der Waals surface area contributed by atoms with Crippen molar-refractivity contribution in [3.8, 4) is 0 Å². The third-order valence-electron chi connectivity index (χ3n) is 7.16. The molecular weight excluding hydrogens is 544 g/mol. The fourth-order valence-electron chi connectivity index (χ4n) is 4.76. The van der Waals surface area contributed by atoms with Crippen molar-refractivity contribution in [1.29, 1.82) is 0 Å². The highest BCUT2D eigenvalue weighted by Crippen LogP contribution is 2.35. The number of ether oxygens (including phenoxy) is 1. The number of aliphatic carboxylic acids is 2. The summed E-state index contributed by atoms with van der Waals surface area (Å²) in [5, 5.41) is 24.3. The van der Waals surface area contributed by atoms with E-state index in [2.05, 4.69) is 15.6 Å². The van der Waals surface area contributed by atoms with E-state index in [0.717, 1.165) is 29.7 Å². The zero-order valence-electron chi connectivity index (χ0n) is 23.9. The Labute approximate surface area is 241 Å². The quantitative estimate of drug-likeness (QED) is 0.261. The van der Waals surface area contributed by atoms with Gasteiger partial charge in [0.15, 0.2) is 6.73 Å². The van der Waals surface area contributed by atoms with Crippen LogP contribution in [0.2, 0.25) is 0 Å². The Morgan fingerprint density at radius 1 is 1.12 bits per heavy atom. The second-order valence-corrected chi connectivity index (χ2v) is 11.4. The molecule has 2 atom stereocenters. The van der Waals surface area contributed by atoms with Crippen LogP contribution in [0.4, 0.5) is 5.69 Å². The lowest BCUT2D eigenvalue weighted by Gasteiger charge is -2.19. The molecule has 222 valence electrons. The first-order valence-corrected chi connectivity index (χ1v) is 13.6. The molecule has 1 aliphatic carbocycles. The highest BCUT2D eigenvalue weighted by Gasteiger charge is 2.26. The van der Waals surface area contributed by atoms with Crippen LogP contribution in [0.1, 0.15) is 73.4 Å². The highest BCUT2D eigenvalue weighted by atomic mass is 16.5. The fourth-order valence-corrected chi connectivity index (χ4v) is 4.76. The van der Waals surface area contributed by atoms with E-state index in [4.69, 9.17) is 9.84 Å². The number of anilines is 1. The summed E-state index contributed by atoms with van der Waals surface area (Å²) in [6.45, 7) is 6.69. The predicted octanol–water partition coefficient (Wildman–Crippen LogP) is 3.40. The van der Waals surface area contributed by atoms with Crippen LogP contribution in [0, 0.1) is 12.3 Å². The number of aromatic nitrogens is 2. The Balaban J connectivity index is 1.50. The van der Waals surface area contributed by atoms with Crippen molar-refractivity contribution in [2.75, 3.05) is 5.32 Å². The van der Waals surface area contributed by atoms with E-state index in [1.165, 1.54) is 4.57 Å². The van der Waals surface area contributed by atoms with Crippen LogP contribution in [-0.4, -0.2) is 49.6 Å². The maximum atomic E-state index is 13.4. The third kappa shape index (κ3) is 6.76. The maximum absolute atomic E-state index is 13.4. The topological polar surface area (TPSA) is 177 Å². The predicted molar refractivity (Wildman–Crippen MR) is 153 cm³/mol. The molecule has 3 aromatic rings. The van der Waals surface area contributed by atoms with Crippen LogP contribution in [0.25, 0.3) is 10.9 Å². The first kappa shape index (κ1) is 30.2. The van der Waals surface area contributed by atoms with Crippen LogP contribution in [0.5, 0.6) is 0 Å². The lowest BCUT2D eigenvalue weighted by atomic mass is 9.98. The van der Waals surface area contributed by atoms with Gasteiger partial charge < -0.3 is 25.6 Å². The molecule has 1 amide bonds. The molecule has 12 heteroatoms. The Morgan fingerprint density at radius 2 is 1.81 bits per heavy atom. The number of esters is 1. The van der Waals surface area contributed by atoms with Crippen molar-refractivity contribution < 1.29 is 34.1 Å². The van der Waals surface area contributed by atoms with Gasteiger partial charge in [0.1, 0.15) is 11.9 Å². The number of carboxylic acids is 2. The van der Waals surface area contributed by atoms with Crippen molar-refractivity contribution in [3.63, 3.8) is 0 Å². The van der Waals surface area contributed by atoms with Gasteiger partial charge in [0.05, 0.1) is 22.4 Å². The van der Waals surface area contributed by atoms with E-state index in [-0.39, 0.29) is 36.7 Å². The van der Waals surface area contributed by atoms with Crippen molar-refractivity contribution in [1.82, 2.24) is 14.9 Å². The number of nitrogens with zero attached hydrogens (tertiary/aromatic N) is 2. The van der Waals surface area contributed by atoms with Gasteiger partial charge in [0.2, 0.25) is 0 Å². The number of carbonyl (C=O) groups is 4. The fraction of sp³-hybridized carbons (Fsp3) is 0.400. The minimum Gasteiger partial charge on any atom is -0.481 e. The summed E-state index contributed by atoms with van der Waals surface area (Å²) >= 11 is 0. The molecule has 0 fully saturated rings. The first-order chi connectivity index (χ1) is 19.7. The molecule has 0 aliphatic heterocycles. The average Bonchev–Trinajstić information content (AvgIpc) is 3.30.